The molecule has 0 atom stereocenters. The number of hydrogen-bond acceptors (Lipinski definition) is 6. The number of halogens is 1. The summed E-state index contributed by atoms with van der Waals surface area (Å²) in [5.74, 6) is -0.151. The average molecular weight is 463 g/mol. The Hall–Kier alpha value is -2.78. The van der Waals surface area contributed by atoms with Crippen LogP contribution in [0.2, 0.25) is 0 Å². The normalized spacial score (nSPS) is 16.3. The van der Waals surface area contributed by atoms with Gasteiger partial charge >= 0.3 is 5.97 Å². The van der Waals surface area contributed by atoms with Crippen molar-refractivity contribution in [3.8, 4) is 11.5 Å². The first-order chi connectivity index (χ1) is 13.4. The highest BCUT2D eigenvalue weighted by molar-refractivity contribution is 9.10. The van der Waals surface area contributed by atoms with Crippen molar-refractivity contribution in [1.29, 1.82) is 0 Å². The van der Waals surface area contributed by atoms with E-state index in [1.54, 1.807) is 44.6 Å². The number of carboxylic acids is 1. The topological polar surface area (TPSA) is 97.2 Å². The fourth-order valence-electron chi connectivity index (χ4n) is 2.40. The standard InChI is InChI=1S/C19H15BrN2O5S/c1-26-14-7-11(13(20)9-15(14)27-2)8-16-17(23)22-19(28-16)21-12-5-3-10(4-6-12)18(24)25/h3-9H,1-2H3,(H,24,25)(H,21,22,23)/b16-8+. The first-order valence-corrected chi connectivity index (χ1v) is 9.56. The highest BCUT2D eigenvalue weighted by atomic mass is 79.9. The van der Waals surface area contributed by atoms with Crippen LogP contribution in [0.4, 0.5) is 5.69 Å². The number of benzene rings is 2. The van der Waals surface area contributed by atoms with E-state index in [-0.39, 0.29) is 11.5 Å². The lowest BCUT2D eigenvalue weighted by molar-refractivity contribution is -0.115. The number of nitrogens with one attached hydrogen (secondary N) is 1. The number of amidine groups is 1. The van der Waals surface area contributed by atoms with E-state index in [4.69, 9.17) is 14.6 Å². The van der Waals surface area contributed by atoms with E-state index in [1.165, 1.54) is 23.9 Å². The van der Waals surface area contributed by atoms with Crippen molar-refractivity contribution < 1.29 is 24.2 Å². The van der Waals surface area contributed by atoms with Gasteiger partial charge in [0, 0.05) is 4.47 Å². The van der Waals surface area contributed by atoms with E-state index in [0.29, 0.717) is 27.3 Å². The van der Waals surface area contributed by atoms with Gasteiger partial charge in [-0.3, -0.25) is 4.79 Å². The Kier molecular flexibility index (Phi) is 6.05. The van der Waals surface area contributed by atoms with Crippen LogP contribution in [0.5, 0.6) is 11.5 Å². The molecule has 0 aromatic heterocycles. The summed E-state index contributed by atoms with van der Waals surface area (Å²) in [4.78, 5) is 28.0. The minimum atomic E-state index is -1.01. The van der Waals surface area contributed by atoms with E-state index in [2.05, 4.69) is 26.2 Å². The summed E-state index contributed by atoms with van der Waals surface area (Å²) in [5.41, 5.74) is 1.47. The van der Waals surface area contributed by atoms with Crippen LogP contribution in [0, 0.1) is 0 Å². The van der Waals surface area contributed by atoms with Crippen LogP contribution >= 0.6 is 27.7 Å². The molecule has 2 N–H and O–H groups in total. The SMILES string of the molecule is COc1cc(Br)c(/C=C2/SC(=Nc3ccc(C(=O)O)cc3)NC2=O)cc1OC. The van der Waals surface area contributed by atoms with Crippen molar-refractivity contribution in [1.82, 2.24) is 5.32 Å². The van der Waals surface area contributed by atoms with Crippen LogP contribution in [-0.4, -0.2) is 36.4 Å². The second-order valence-corrected chi connectivity index (χ2v) is 7.45. The van der Waals surface area contributed by atoms with Crippen molar-refractivity contribution >= 4 is 56.5 Å². The van der Waals surface area contributed by atoms with Crippen LogP contribution in [0.3, 0.4) is 0 Å². The summed E-state index contributed by atoms with van der Waals surface area (Å²) in [7, 11) is 3.09. The molecular weight excluding hydrogens is 448 g/mol. The lowest BCUT2D eigenvalue weighted by atomic mass is 10.2. The summed E-state index contributed by atoms with van der Waals surface area (Å²) >= 11 is 4.66. The number of carbonyl (C=O) groups is 2. The summed E-state index contributed by atoms with van der Waals surface area (Å²) in [6, 6.07) is 9.61. The Morgan fingerprint density at radius 2 is 1.82 bits per heavy atom. The first kappa shape index (κ1) is 20.0. The van der Waals surface area contributed by atoms with E-state index >= 15 is 0 Å². The summed E-state index contributed by atoms with van der Waals surface area (Å²) in [6.07, 6.45) is 1.72. The molecule has 9 heteroatoms. The van der Waals surface area contributed by atoms with Gasteiger partial charge in [0.25, 0.3) is 5.91 Å². The third-order valence-corrected chi connectivity index (χ3v) is 5.38. The highest BCUT2D eigenvalue weighted by Gasteiger charge is 2.24. The Morgan fingerprint density at radius 1 is 1.18 bits per heavy atom. The maximum absolute atomic E-state index is 12.3. The molecule has 0 unspecified atom stereocenters. The number of thioether (sulfide) groups is 1. The molecule has 3 rings (SSSR count). The predicted octanol–water partition coefficient (Wildman–Crippen LogP) is 4.06. The van der Waals surface area contributed by atoms with Gasteiger partial charge < -0.3 is 19.9 Å². The number of ether oxygens (including phenoxy) is 2. The first-order valence-electron chi connectivity index (χ1n) is 7.95. The van der Waals surface area contributed by atoms with Gasteiger partial charge in [0.1, 0.15) is 0 Å². The third kappa shape index (κ3) is 4.37. The quantitative estimate of drug-likeness (QED) is 0.650. The van der Waals surface area contributed by atoms with Crippen LogP contribution < -0.4 is 14.8 Å². The van der Waals surface area contributed by atoms with Crippen LogP contribution in [-0.2, 0) is 4.79 Å². The minimum absolute atomic E-state index is 0.172. The molecule has 0 spiro atoms. The van der Waals surface area contributed by atoms with Crippen molar-refractivity contribution in [2.24, 2.45) is 4.99 Å². The Labute approximate surface area is 173 Å². The Morgan fingerprint density at radius 3 is 2.43 bits per heavy atom. The molecule has 0 saturated carbocycles. The van der Waals surface area contributed by atoms with Crippen LogP contribution in [0.15, 0.2) is 50.8 Å². The molecule has 1 aliphatic heterocycles. The Balaban J connectivity index is 1.85. The molecule has 1 amide bonds. The second-order valence-electron chi connectivity index (χ2n) is 5.56. The largest absolute Gasteiger partial charge is 0.493 e. The zero-order chi connectivity index (χ0) is 20.3. The van der Waals surface area contributed by atoms with Crippen molar-refractivity contribution in [3.63, 3.8) is 0 Å². The van der Waals surface area contributed by atoms with Gasteiger partial charge in [-0.2, -0.15) is 0 Å². The van der Waals surface area contributed by atoms with Crippen molar-refractivity contribution in [2.45, 2.75) is 0 Å². The van der Waals surface area contributed by atoms with E-state index in [9.17, 15) is 9.59 Å². The molecule has 1 aliphatic rings. The lowest BCUT2D eigenvalue weighted by Crippen LogP contribution is -2.19. The zero-order valence-electron chi connectivity index (χ0n) is 14.9. The van der Waals surface area contributed by atoms with E-state index < -0.39 is 5.97 Å². The number of carbonyl (C=O) groups excluding carboxylic acids is 1. The molecule has 1 heterocycles. The van der Waals surface area contributed by atoms with Gasteiger partial charge in [-0.15, -0.1) is 0 Å². The summed E-state index contributed by atoms with van der Waals surface area (Å²) in [5, 5.41) is 12.0. The van der Waals surface area contributed by atoms with Gasteiger partial charge in [-0.05, 0) is 59.8 Å². The molecule has 1 fully saturated rings. The van der Waals surface area contributed by atoms with Crippen molar-refractivity contribution in [3.05, 3.63) is 56.9 Å². The minimum Gasteiger partial charge on any atom is -0.493 e. The van der Waals surface area contributed by atoms with Gasteiger partial charge in [-0.1, -0.05) is 15.9 Å². The zero-order valence-corrected chi connectivity index (χ0v) is 17.3. The molecule has 2 aromatic rings. The number of carboxylic acid groups (broad SMARTS) is 1. The molecular formula is C19H15BrN2O5S. The van der Waals surface area contributed by atoms with Gasteiger partial charge in [-0.25, -0.2) is 9.79 Å². The van der Waals surface area contributed by atoms with Gasteiger partial charge in [0.15, 0.2) is 16.7 Å². The number of nitrogens with zero attached hydrogens (tertiary/aromatic N) is 1. The van der Waals surface area contributed by atoms with E-state index in [0.717, 1.165) is 10.0 Å². The second kappa shape index (κ2) is 8.49. The molecule has 0 aliphatic carbocycles. The lowest BCUT2D eigenvalue weighted by Gasteiger charge is -2.10. The number of hydrogen-bond donors (Lipinski definition) is 2. The molecule has 28 heavy (non-hydrogen) atoms. The monoisotopic (exact) mass is 462 g/mol. The Bertz CT molecular complexity index is 1000. The van der Waals surface area contributed by atoms with Crippen LogP contribution in [0.1, 0.15) is 15.9 Å². The maximum atomic E-state index is 12.3. The molecule has 0 bridgehead atoms. The fraction of sp³-hybridized carbons (Fsp3) is 0.105. The summed E-state index contributed by atoms with van der Waals surface area (Å²) < 4.78 is 11.3. The average Bonchev–Trinajstić information content (AvgIpc) is 3.02. The van der Waals surface area contributed by atoms with E-state index in [1.807, 2.05) is 0 Å². The number of aliphatic imine (C=N–C) groups is 1. The predicted molar refractivity (Wildman–Crippen MR) is 111 cm³/mol. The number of aromatic carboxylic acids is 1. The maximum Gasteiger partial charge on any atom is 0.335 e. The number of rotatable bonds is 5. The smallest absolute Gasteiger partial charge is 0.335 e. The molecule has 1 saturated heterocycles. The summed E-state index contributed by atoms with van der Waals surface area (Å²) in [6.45, 7) is 0. The molecule has 0 radical (unpaired) electrons. The molecule has 2 aromatic carbocycles. The van der Waals surface area contributed by atoms with Gasteiger partial charge in [0.05, 0.1) is 30.4 Å². The highest BCUT2D eigenvalue weighted by Crippen LogP contribution is 2.36. The van der Waals surface area contributed by atoms with Crippen LogP contribution in [0.25, 0.3) is 6.08 Å². The number of amides is 1. The van der Waals surface area contributed by atoms with Crippen molar-refractivity contribution in [2.75, 3.05) is 14.2 Å². The molecule has 144 valence electrons. The number of methoxy groups -OCH3 is 2. The molecule has 7 nitrogen and oxygen atoms in total. The van der Waals surface area contributed by atoms with Gasteiger partial charge in [0.2, 0.25) is 0 Å². The fourth-order valence-corrected chi connectivity index (χ4v) is 3.67. The third-order valence-electron chi connectivity index (χ3n) is 3.79.